The van der Waals surface area contributed by atoms with Crippen LogP contribution in [0.1, 0.15) is 38.4 Å². The second-order valence-corrected chi connectivity index (χ2v) is 8.74. The summed E-state index contributed by atoms with van der Waals surface area (Å²) in [6.07, 6.45) is 2.40. The van der Waals surface area contributed by atoms with Crippen LogP contribution in [0.5, 0.6) is 0 Å². The average Bonchev–Trinajstić information content (AvgIpc) is 3.61. The zero-order valence-corrected chi connectivity index (χ0v) is 17.8. The molecule has 0 bridgehead atoms. The summed E-state index contributed by atoms with van der Waals surface area (Å²) in [6, 6.07) is 14.8. The van der Waals surface area contributed by atoms with Crippen molar-refractivity contribution in [3.8, 4) is 0 Å². The molecule has 2 aromatic rings. The number of amides is 1. The van der Waals surface area contributed by atoms with Crippen molar-refractivity contribution in [2.24, 2.45) is 11.8 Å². The monoisotopic (exact) mass is 406 g/mol. The molecule has 0 spiro atoms. The largest absolute Gasteiger partial charge is 0.378 e. The van der Waals surface area contributed by atoms with Crippen LogP contribution in [-0.2, 0) is 9.53 Å². The fourth-order valence-electron chi connectivity index (χ4n) is 5.07. The molecule has 6 heteroatoms. The molecule has 1 saturated heterocycles. The van der Waals surface area contributed by atoms with Crippen molar-refractivity contribution in [1.82, 2.24) is 4.98 Å². The summed E-state index contributed by atoms with van der Waals surface area (Å²) >= 11 is 0. The van der Waals surface area contributed by atoms with E-state index in [0.717, 1.165) is 49.2 Å². The number of carbonyl (C=O) groups excluding carboxylic acids is 1. The summed E-state index contributed by atoms with van der Waals surface area (Å²) in [4.78, 5) is 22.2. The first-order valence-electron chi connectivity index (χ1n) is 11.1. The minimum absolute atomic E-state index is 0.0598. The minimum Gasteiger partial charge on any atom is -0.378 e. The topological polar surface area (TPSA) is 57.7 Å². The standard InChI is InChI=1S/C24H30N4O2/c1-16-22(25-19-6-4-3-5-7-19)23-20(28(17(2)29)24(16)18-8-9-18)10-11-21(26-23)27-12-14-30-15-13-27/h3-7,10-11,16,18,22,24-25H,8-9,12-15H2,1-2H3. The van der Waals surface area contributed by atoms with Crippen LogP contribution in [0.25, 0.3) is 0 Å². The lowest BCUT2D eigenvalue weighted by atomic mass is 9.82. The van der Waals surface area contributed by atoms with Gasteiger partial charge in [0.15, 0.2) is 0 Å². The van der Waals surface area contributed by atoms with Crippen molar-refractivity contribution in [3.05, 3.63) is 48.2 Å². The Kier molecular flexibility index (Phi) is 5.11. The Morgan fingerprint density at radius 3 is 2.50 bits per heavy atom. The Morgan fingerprint density at radius 1 is 1.10 bits per heavy atom. The molecular weight excluding hydrogens is 376 g/mol. The number of hydrogen-bond acceptors (Lipinski definition) is 5. The van der Waals surface area contributed by atoms with Gasteiger partial charge < -0.3 is 19.9 Å². The normalized spacial score (nSPS) is 26.3. The molecule has 3 aliphatic rings. The molecule has 5 rings (SSSR count). The van der Waals surface area contributed by atoms with Gasteiger partial charge in [-0.25, -0.2) is 4.98 Å². The second-order valence-electron chi connectivity index (χ2n) is 8.74. The molecule has 2 fully saturated rings. The van der Waals surface area contributed by atoms with Gasteiger partial charge >= 0.3 is 0 Å². The van der Waals surface area contributed by atoms with Crippen LogP contribution in [-0.4, -0.2) is 43.2 Å². The summed E-state index contributed by atoms with van der Waals surface area (Å²) < 4.78 is 5.51. The van der Waals surface area contributed by atoms with Crippen molar-refractivity contribution < 1.29 is 9.53 Å². The Balaban J connectivity index is 1.58. The highest BCUT2D eigenvalue weighted by atomic mass is 16.5. The van der Waals surface area contributed by atoms with Gasteiger partial charge in [-0.05, 0) is 43.0 Å². The average molecular weight is 407 g/mol. The third-order valence-electron chi connectivity index (χ3n) is 6.68. The maximum Gasteiger partial charge on any atom is 0.224 e. The highest BCUT2D eigenvalue weighted by molar-refractivity contribution is 5.94. The molecular formula is C24H30N4O2. The summed E-state index contributed by atoms with van der Waals surface area (Å²) in [7, 11) is 0. The van der Waals surface area contributed by atoms with Crippen LogP contribution in [0.4, 0.5) is 17.2 Å². The Labute approximate surface area is 178 Å². The molecule has 2 aliphatic heterocycles. The van der Waals surface area contributed by atoms with Crippen molar-refractivity contribution >= 4 is 23.1 Å². The van der Waals surface area contributed by atoms with Gasteiger partial charge in [0.2, 0.25) is 5.91 Å². The number of rotatable bonds is 4. The number of morpholine rings is 1. The van der Waals surface area contributed by atoms with Gasteiger partial charge in [-0.1, -0.05) is 25.1 Å². The number of anilines is 3. The molecule has 1 aliphatic carbocycles. The van der Waals surface area contributed by atoms with E-state index in [-0.39, 0.29) is 23.9 Å². The Morgan fingerprint density at radius 2 is 1.83 bits per heavy atom. The van der Waals surface area contributed by atoms with E-state index in [4.69, 9.17) is 9.72 Å². The highest BCUT2D eigenvalue weighted by Gasteiger charge is 2.48. The van der Waals surface area contributed by atoms with Crippen molar-refractivity contribution in [1.29, 1.82) is 0 Å². The van der Waals surface area contributed by atoms with E-state index in [0.29, 0.717) is 5.92 Å². The molecule has 1 amide bonds. The second kappa shape index (κ2) is 7.91. The zero-order chi connectivity index (χ0) is 20.7. The number of aromatic nitrogens is 1. The third-order valence-corrected chi connectivity index (χ3v) is 6.68. The molecule has 3 heterocycles. The Hall–Kier alpha value is -2.60. The van der Waals surface area contributed by atoms with E-state index in [1.54, 1.807) is 6.92 Å². The number of para-hydroxylation sites is 1. The lowest BCUT2D eigenvalue weighted by molar-refractivity contribution is -0.117. The van der Waals surface area contributed by atoms with Crippen LogP contribution >= 0.6 is 0 Å². The fourth-order valence-corrected chi connectivity index (χ4v) is 5.07. The van der Waals surface area contributed by atoms with Crippen molar-refractivity contribution in [2.45, 2.75) is 38.8 Å². The van der Waals surface area contributed by atoms with Crippen LogP contribution in [0.15, 0.2) is 42.5 Å². The van der Waals surface area contributed by atoms with Crippen LogP contribution < -0.4 is 15.1 Å². The van der Waals surface area contributed by atoms with Crippen LogP contribution in [0, 0.1) is 11.8 Å². The lowest BCUT2D eigenvalue weighted by Crippen LogP contribution is -2.51. The molecule has 1 N–H and O–H groups in total. The molecule has 1 saturated carbocycles. The summed E-state index contributed by atoms with van der Waals surface area (Å²) in [5.74, 6) is 1.93. The quantitative estimate of drug-likeness (QED) is 0.836. The van der Waals surface area contributed by atoms with E-state index in [1.807, 2.05) is 11.0 Å². The minimum atomic E-state index is 0.0598. The summed E-state index contributed by atoms with van der Waals surface area (Å²) in [5.41, 5.74) is 3.02. The highest BCUT2D eigenvalue weighted by Crippen LogP contribution is 2.49. The van der Waals surface area contributed by atoms with Crippen LogP contribution in [0.2, 0.25) is 0 Å². The molecule has 3 atom stereocenters. The smallest absolute Gasteiger partial charge is 0.224 e. The van der Waals surface area contributed by atoms with E-state index >= 15 is 0 Å². The Bertz CT molecular complexity index is 909. The van der Waals surface area contributed by atoms with Gasteiger partial charge in [0, 0.05) is 37.7 Å². The lowest BCUT2D eigenvalue weighted by Gasteiger charge is -2.45. The molecule has 3 unspecified atom stereocenters. The molecule has 6 nitrogen and oxygen atoms in total. The molecule has 0 radical (unpaired) electrons. The van der Waals surface area contributed by atoms with Crippen molar-refractivity contribution in [3.63, 3.8) is 0 Å². The number of nitrogens with zero attached hydrogens (tertiary/aromatic N) is 3. The predicted molar refractivity (Wildman–Crippen MR) is 119 cm³/mol. The van der Waals surface area contributed by atoms with Gasteiger partial charge in [-0.2, -0.15) is 0 Å². The van der Waals surface area contributed by atoms with Gasteiger partial charge in [-0.15, -0.1) is 0 Å². The van der Waals surface area contributed by atoms with Gasteiger partial charge in [0.25, 0.3) is 0 Å². The third kappa shape index (κ3) is 3.54. The van der Waals surface area contributed by atoms with E-state index in [2.05, 4.69) is 53.5 Å². The number of nitrogens with one attached hydrogen (secondary N) is 1. The van der Waals surface area contributed by atoms with Gasteiger partial charge in [0.05, 0.1) is 30.6 Å². The molecule has 158 valence electrons. The molecule has 30 heavy (non-hydrogen) atoms. The van der Waals surface area contributed by atoms with E-state index in [9.17, 15) is 4.79 Å². The number of hydrogen-bond donors (Lipinski definition) is 1. The predicted octanol–water partition coefficient (Wildman–Crippen LogP) is 3.85. The number of ether oxygens (including phenoxy) is 1. The fraction of sp³-hybridized carbons (Fsp3) is 0.500. The molecule has 1 aromatic heterocycles. The van der Waals surface area contributed by atoms with Crippen molar-refractivity contribution in [2.75, 3.05) is 41.4 Å². The first-order chi connectivity index (χ1) is 14.6. The van der Waals surface area contributed by atoms with Crippen LogP contribution in [0.3, 0.4) is 0 Å². The van der Waals surface area contributed by atoms with Gasteiger partial charge in [0.1, 0.15) is 5.82 Å². The maximum absolute atomic E-state index is 12.8. The summed E-state index contributed by atoms with van der Waals surface area (Å²) in [6.45, 7) is 7.10. The summed E-state index contributed by atoms with van der Waals surface area (Å²) in [5, 5.41) is 3.75. The van der Waals surface area contributed by atoms with E-state index in [1.165, 1.54) is 12.8 Å². The van der Waals surface area contributed by atoms with E-state index < -0.39 is 0 Å². The number of pyridine rings is 1. The number of benzene rings is 1. The first-order valence-corrected chi connectivity index (χ1v) is 11.1. The first kappa shape index (κ1) is 19.4. The maximum atomic E-state index is 12.8. The molecule has 1 aromatic carbocycles. The number of carbonyl (C=O) groups is 1. The number of fused-ring (bicyclic) bond motifs is 1. The van der Waals surface area contributed by atoms with Gasteiger partial charge in [-0.3, -0.25) is 4.79 Å². The zero-order valence-electron chi connectivity index (χ0n) is 17.8. The SMILES string of the molecule is CC(=O)N1c2ccc(N3CCOCC3)nc2C(Nc2ccccc2)C(C)C1C1CC1.